The first-order valence-electron chi connectivity index (χ1n) is 6.81. The van der Waals surface area contributed by atoms with E-state index < -0.39 is 0 Å². The topological polar surface area (TPSA) is 44.5 Å². The number of fused-ring (bicyclic) bond motifs is 1. The zero-order valence-corrected chi connectivity index (χ0v) is 12.7. The van der Waals surface area contributed by atoms with Gasteiger partial charge in [0.2, 0.25) is 0 Å². The predicted octanol–water partition coefficient (Wildman–Crippen LogP) is 4.49. The summed E-state index contributed by atoms with van der Waals surface area (Å²) in [6.07, 6.45) is 0. The number of hydrogen-bond acceptors (Lipinski definition) is 2. The lowest BCUT2D eigenvalue weighted by Crippen LogP contribution is -2.06. The Morgan fingerprint density at radius 1 is 1.19 bits per heavy atom. The van der Waals surface area contributed by atoms with Gasteiger partial charge >= 0.3 is 0 Å². The Balaban J connectivity index is 2.21. The van der Waals surface area contributed by atoms with Gasteiger partial charge in [-0.15, -0.1) is 0 Å². The van der Waals surface area contributed by atoms with Gasteiger partial charge in [-0.05, 0) is 43.8 Å². The fourth-order valence-corrected chi connectivity index (χ4v) is 2.98. The zero-order valence-electron chi connectivity index (χ0n) is 11.9. The van der Waals surface area contributed by atoms with Crippen molar-refractivity contribution in [3.63, 3.8) is 0 Å². The highest BCUT2D eigenvalue weighted by molar-refractivity contribution is 7.71. The molecule has 4 heteroatoms. The highest BCUT2D eigenvalue weighted by Crippen LogP contribution is 2.26. The normalized spacial score (nSPS) is 12.2. The van der Waals surface area contributed by atoms with Gasteiger partial charge in [-0.2, -0.15) is 5.26 Å². The van der Waals surface area contributed by atoms with E-state index in [9.17, 15) is 5.26 Å². The van der Waals surface area contributed by atoms with E-state index in [0.29, 0.717) is 10.3 Å². The molecule has 0 aliphatic carbocycles. The molecule has 0 aliphatic heterocycles. The Morgan fingerprint density at radius 3 is 2.57 bits per heavy atom. The molecule has 3 nitrogen and oxygen atoms in total. The average molecular weight is 293 g/mol. The maximum Gasteiger partial charge on any atom is 0.178 e. The first-order chi connectivity index (χ1) is 10.1. The Bertz CT molecular complexity index is 894. The second-order valence-corrected chi connectivity index (χ2v) is 5.59. The first kappa shape index (κ1) is 13.6. The molecule has 2 aromatic carbocycles. The Hall–Kier alpha value is -2.38. The minimum absolute atomic E-state index is 0.112. The van der Waals surface area contributed by atoms with Crippen molar-refractivity contribution in [2.45, 2.75) is 19.9 Å². The van der Waals surface area contributed by atoms with Crippen LogP contribution >= 0.6 is 12.2 Å². The molecule has 0 saturated heterocycles. The van der Waals surface area contributed by atoms with Gasteiger partial charge in [0, 0.05) is 0 Å². The van der Waals surface area contributed by atoms with Crippen molar-refractivity contribution in [2.75, 3.05) is 0 Å². The van der Waals surface area contributed by atoms with Crippen LogP contribution in [0.5, 0.6) is 0 Å². The Morgan fingerprint density at radius 2 is 1.90 bits per heavy atom. The van der Waals surface area contributed by atoms with E-state index in [2.05, 4.69) is 53.7 Å². The molecule has 1 N–H and O–H groups in total. The molecule has 1 aromatic heterocycles. The molecule has 1 atom stereocenters. The third kappa shape index (κ3) is 2.26. The number of nitrogens with zero attached hydrogens (tertiary/aromatic N) is 2. The number of aromatic amines is 1. The third-order valence-corrected chi connectivity index (χ3v) is 4.12. The van der Waals surface area contributed by atoms with Gasteiger partial charge in [-0.25, -0.2) is 0 Å². The van der Waals surface area contributed by atoms with E-state index in [1.165, 1.54) is 11.1 Å². The Kier molecular flexibility index (Phi) is 3.36. The van der Waals surface area contributed by atoms with Crippen LogP contribution in [0, 0.1) is 23.0 Å². The quantitative estimate of drug-likeness (QED) is 0.708. The van der Waals surface area contributed by atoms with Crippen LogP contribution in [0.2, 0.25) is 0 Å². The summed E-state index contributed by atoms with van der Waals surface area (Å²) in [7, 11) is 0. The summed E-state index contributed by atoms with van der Waals surface area (Å²) in [6.45, 7) is 4.19. The van der Waals surface area contributed by atoms with E-state index in [0.717, 1.165) is 11.0 Å². The van der Waals surface area contributed by atoms with E-state index in [1.807, 2.05) is 12.1 Å². The lowest BCUT2D eigenvalue weighted by molar-refractivity contribution is 0.649. The SMILES string of the molecule is Cc1ccc(C(C)n2c(=S)[nH]c3c(C#N)cccc32)cc1. The van der Waals surface area contributed by atoms with Crippen molar-refractivity contribution in [2.24, 2.45) is 0 Å². The number of para-hydroxylation sites is 1. The summed E-state index contributed by atoms with van der Waals surface area (Å²) in [6, 6.07) is 16.4. The molecular weight excluding hydrogens is 278 g/mol. The molecule has 0 fully saturated rings. The fraction of sp³-hybridized carbons (Fsp3) is 0.176. The minimum atomic E-state index is 0.112. The minimum Gasteiger partial charge on any atom is -0.329 e. The smallest absolute Gasteiger partial charge is 0.178 e. The van der Waals surface area contributed by atoms with E-state index >= 15 is 0 Å². The van der Waals surface area contributed by atoms with Crippen molar-refractivity contribution in [3.8, 4) is 6.07 Å². The van der Waals surface area contributed by atoms with E-state index in [1.54, 1.807) is 6.07 Å². The van der Waals surface area contributed by atoms with Crippen LogP contribution in [0.3, 0.4) is 0 Å². The first-order valence-corrected chi connectivity index (χ1v) is 7.22. The second-order valence-electron chi connectivity index (χ2n) is 5.20. The van der Waals surface area contributed by atoms with Gasteiger partial charge < -0.3 is 9.55 Å². The summed E-state index contributed by atoms with van der Waals surface area (Å²) in [5.74, 6) is 0. The lowest BCUT2D eigenvalue weighted by atomic mass is 10.1. The number of hydrogen-bond donors (Lipinski definition) is 1. The molecule has 0 spiro atoms. The summed E-state index contributed by atoms with van der Waals surface area (Å²) in [5.41, 5.74) is 4.82. The summed E-state index contributed by atoms with van der Waals surface area (Å²) in [5, 5.41) is 9.21. The molecule has 0 amide bonds. The molecule has 0 bridgehead atoms. The second kappa shape index (κ2) is 5.19. The van der Waals surface area contributed by atoms with Crippen LogP contribution in [-0.4, -0.2) is 9.55 Å². The number of benzene rings is 2. The number of rotatable bonds is 2. The largest absolute Gasteiger partial charge is 0.329 e. The van der Waals surface area contributed by atoms with Gasteiger partial charge in [0.15, 0.2) is 4.77 Å². The van der Waals surface area contributed by atoms with Gasteiger partial charge in [-0.3, -0.25) is 0 Å². The number of H-pyrrole nitrogens is 1. The highest BCUT2D eigenvalue weighted by Gasteiger charge is 2.14. The van der Waals surface area contributed by atoms with Crippen molar-refractivity contribution in [1.29, 1.82) is 5.26 Å². The van der Waals surface area contributed by atoms with Crippen LogP contribution in [0.1, 0.15) is 29.7 Å². The molecule has 0 saturated carbocycles. The predicted molar refractivity (Wildman–Crippen MR) is 86.8 cm³/mol. The number of aryl methyl sites for hydroxylation is 1. The van der Waals surface area contributed by atoms with Crippen LogP contribution in [-0.2, 0) is 0 Å². The molecular formula is C17H15N3S. The van der Waals surface area contributed by atoms with Gasteiger partial charge in [0.05, 0.1) is 22.6 Å². The molecule has 3 aromatic rings. The van der Waals surface area contributed by atoms with Crippen molar-refractivity contribution in [3.05, 3.63) is 63.9 Å². The van der Waals surface area contributed by atoms with Gasteiger partial charge in [0.25, 0.3) is 0 Å². The maximum absolute atomic E-state index is 9.21. The molecule has 104 valence electrons. The fourth-order valence-electron chi connectivity index (χ4n) is 2.62. The summed E-state index contributed by atoms with van der Waals surface area (Å²) in [4.78, 5) is 3.16. The number of nitriles is 1. The lowest BCUT2D eigenvalue weighted by Gasteiger charge is -2.15. The van der Waals surface area contributed by atoms with Gasteiger partial charge in [0.1, 0.15) is 6.07 Å². The Labute approximate surface area is 128 Å². The highest BCUT2D eigenvalue weighted by atomic mass is 32.1. The van der Waals surface area contributed by atoms with Gasteiger partial charge in [-0.1, -0.05) is 35.9 Å². The molecule has 1 heterocycles. The average Bonchev–Trinajstić information content (AvgIpc) is 2.83. The molecule has 21 heavy (non-hydrogen) atoms. The van der Waals surface area contributed by atoms with Crippen molar-refractivity contribution < 1.29 is 0 Å². The van der Waals surface area contributed by atoms with Crippen LogP contribution < -0.4 is 0 Å². The molecule has 3 rings (SSSR count). The molecule has 0 radical (unpaired) electrons. The monoisotopic (exact) mass is 293 g/mol. The van der Waals surface area contributed by atoms with Crippen molar-refractivity contribution >= 4 is 23.3 Å². The summed E-state index contributed by atoms with van der Waals surface area (Å²) < 4.78 is 2.71. The molecule has 0 aliphatic rings. The third-order valence-electron chi connectivity index (χ3n) is 3.82. The van der Waals surface area contributed by atoms with E-state index in [-0.39, 0.29) is 6.04 Å². The standard InChI is InChI=1S/C17H15N3S/c1-11-6-8-13(9-7-11)12(2)20-15-5-3-4-14(10-18)16(15)19-17(20)21/h3-9,12H,1-2H3,(H,19,21). The van der Waals surface area contributed by atoms with E-state index in [4.69, 9.17) is 12.2 Å². The number of imidazole rings is 1. The zero-order chi connectivity index (χ0) is 15.0. The van der Waals surface area contributed by atoms with Crippen LogP contribution in [0.15, 0.2) is 42.5 Å². The maximum atomic E-state index is 9.21. The molecule has 1 unspecified atom stereocenters. The number of nitrogens with one attached hydrogen (secondary N) is 1. The van der Waals surface area contributed by atoms with Crippen LogP contribution in [0.25, 0.3) is 11.0 Å². The number of aromatic nitrogens is 2. The summed E-state index contributed by atoms with van der Waals surface area (Å²) >= 11 is 5.46. The van der Waals surface area contributed by atoms with Crippen molar-refractivity contribution in [1.82, 2.24) is 9.55 Å². The van der Waals surface area contributed by atoms with Crippen LogP contribution in [0.4, 0.5) is 0 Å².